The number of hydrogen-bond donors (Lipinski definition) is 2. The van der Waals surface area contributed by atoms with Gasteiger partial charge in [0, 0.05) is 15.7 Å². The number of hydrogen-bond acceptors (Lipinski definition) is 6. The van der Waals surface area contributed by atoms with Gasteiger partial charge in [0.2, 0.25) is 0 Å². The van der Waals surface area contributed by atoms with E-state index in [4.69, 9.17) is 9.47 Å². The number of rotatable bonds is 7. The summed E-state index contributed by atoms with van der Waals surface area (Å²) >= 11 is 3.34. The molecule has 168 valence electrons. The van der Waals surface area contributed by atoms with Crippen LogP contribution in [0.2, 0.25) is 0 Å². The van der Waals surface area contributed by atoms with Gasteiger partial charge in [-0.25, -0.2) is 10.2 Å². The standard InChI is InChI=1S/C24H20BrN3O5/c1-2-32-20-11-9-19(10-12-20)27-22(29)23(30)28-26-15-17-14-18(25)8-13-21(17)33-24(31)16-6-4-3-5-7-16/h3-15H,2H2,1H3,(H,27,29)(H,28,30)/b26-15+. The van der Waals surface area contributed by atoms with E-state index in [1.807, 2.05) is 6.92 Å². The highest BCUT2D eigenvalue weighted by molar-refractivity contribution is 9.10. The fourth-order valence-electron chi connectivity index (χ4n) is 2.65. The minimum absolute atomic E-state index is 0.240. The Balaban J connectivity index is 1.61. The van der Waals surface area contributed by atoms with Crippen LogP contribution in [0.4, 0.5) is 5.69 Å². The second-order valence-corrected chi connectivity index (χ2v) is 7.46. The zero-order valence-electron chi connectivity index (χ0n) is 17.6. The molecule has 0 aliphatic rings. The first-order chi connectivity index (χ1) is 16.0. The van der Waals surface area contributed by atoms with E-state index in [2.05, 4.69) is 31.8 Å². The number of anilines is 1. The van der Waals surface area contributed by atoms with Crippen molar-refractivity contribution in [3.05, 3.63) is 88.4 Å². The average molecular weight is 510 g/mol. The van der Waals surface area contributed by atoms with E-state index < -0.39 is 17.8 Å². The van der Waals surface area contributed by atoms with Crippen molar-refractivity contribution in [1.82, 2.24) is 5.43 Å². The Bertz CT molecular complexity index is 1160. The van der Waals surface area contributed by atoms with Gasteiger partial charge in [-0.3, -0.25) is 9.59 Å². The van der Waals surface area contributed by atoms with Crippen molar-refractivity contribution < 1.29 is 23.9 Å². The minimum Gasteiger partial charge on any atom is -0.494 e. The topological polar surface area (TPSA) is 106 Å². The van der Waals surface area contributed by atoms with Crippen LogP contribution in [-0.4, -0.2) is 30.6 Å². The Kier molecular flexibility index (Phi) is 8.31. The van der Waals surface area contributed by atoms with Crippen LogP contribution in [0.15, 0.2) is 82.4 Å². The molecule has 0 unspecified atom stereocenters. The molecule has 0 radical (unpaired) electrons. The zero-order chi connectivity index (χ0) is 23.6. The maximum Gasteiger partial charge on any atom is 0.343 e. The van der Waals surface area contributed by atoms with Crippen LogP contribution in [0.25, 0.3) is 0 Å². The Morgan fingerprint density at radius 2 is 1.70 bits per heavy atom. The number of halogens is 1. The summed E-state index contributed by atoms with van der Waals surface area (Å²) in [5.41, 5.74) is 3.40. The normalized spacial score (nSPS) is 10.5. The molecule has 0 spiro atoms. The number of amides is 2. The molecule has 2 amide bonds. The zero-order valence-corrected chi connectivity index (χ0v) is 19.2. The molecule has 0 saturated heterocycles. The summed E-state index contributed by atoms with van der Waals surface area (Å²) < 4.78 is 11.5. The van der Waals surface area contributed by atoms with Gasteiger partial charge in [0.1, 0.15) is 11.5 Å². The molecule has 3 aromatic rings. The molecule has 0 atom stereocenters. The summed E-state index contributed by atoms with van der Waals surface area (Å²) in [4.78, 5) is 36.5. The monoisotopic (exact) mass is 509 g/mol. The van der Waals surface area contributed by atoms with Gasteiger partial charge >= 0.3 is 17.8 Å². The van der Waals surface area contributed by atoms with Crippen LogP contribution in [0.5, 0.6) is 11.5 Å². The Hall–Kier alpha value is -3.98. The van der Waals surface area contributed by atoms with Crippen molar-refractivity contribution in [3.8, 4) is 11.5 Å². The molecule has 0 saturated carbocycles. The van der Waals surface area contributed by atoms with Gasteiger partial charge < -0.3 is 14.8 Å². The summed E-state index contributed by atoms with van der Waals surface area (Å²) in [7, 11) is 0. The van der Waals surface area contributed by atoms with Gasteiger partial charge in [-0.2, -0.15) is 5.10 Å². The van der Waals surface area contributed by atoms with Crippen LogP contribution in [0.1, 0.15) is 22.8 Å². The van der Waals surface area contributed by atoms with E-state index in [9.17, 15) is 14.4 Å². The van der Waals surface area contributed by atoms with Crippen LogP contribution >= 0.6 is 15.9 Å². The molecule has 3 rings (SSSR count). The largest absolute Gasteiger partial charge is 0.494 e. The second-order valence-electron chi connectivity index (χ2n) is 6.55. The summed E-state index contributed by atoms with van der Waals surface area (Å²) in [6.07, 6.45) is 1.28. The third-order valence-corrected chi connectivity index (χ3v) is 4.68. The lowest BCUT2D eigenvalue weighted by molar-refractivity contribution is -0.136. The number of nitrogens with zero attached hydrogens (tertiary/aromatic N) is 1. The summed E-state index contributed by atoms with van der Waals surface area (Å²) in [6.45, 7) is 2.39. The number of carbonyl (C=O) groups excluding carboxylic acids is 3. The molecular weight excluding hydrogens is 490 g/mol. The molecule has 0 aliphatic heterocycles. The number of carbonyl (C=O) groups is 3. The third-order valence-electron chi connectivity index (χ3n) is 4.18. The molecule has 9 heteroatoms. The first-order valence-corrected chi connectivity index (χ1v) is 10.7. The van der Waals surface area contributed by atoms with Crippen molar-refractivity contribution in [2.75, 3.05) is 11.9 Å². The van der Waals surface area contributed by atoms with E-state index in [0.29, 0.717) is 33.6 Å². The quantitative estimate of drug-likeness (QED) is 0.163. The Morgan fingerprint density at radius 3 is 2.39 bits per heavy atom. The SMILES string of the molecule is CCOc1ccc(NC(=O)C(=O)N/N=C/c2cc(Br)ccc2OC(=O)c2ccccc2)cc1. The Labute approximate surface area is 198 Å². The summed E-state index contributed by atoms with van der Waals surface area (Å²) in [5.74, 6) is -1.49. The predicted molar refractivity (Wildman–Crippen MR) is 128 cm³/mol. The Morgan fingerprint density at radius 1 is 0.970 bits per heavy atom. The number of esters is 1. The van der Waals surface area contributed by atoms with Crippen molar-refractivity contribution in [2.45, 2.75) is 6.92 Å². The minimum atomic E-state index is -0.960. The first-order valence-electron chi connectivity index (χ1n) is 9.90. The molecule has 0 heterocycles. The van der Waals surface area contributed by atoms with Crippen molar-refractivity contribution in [3.63, 3.8) is 0 Å². The third kappa shape index (κ3) is 7.01. The van der Waals surface area contributed by atoms with E-state index >= 15 is 0 Å². The maximum absolute atomic E-state index is 12.3. The first kappa shape index (κ1) is 23.7. The van der Waals surface area contributed by atoms with Crippen molar-refractivity contribution >= 4 is 45.6 Å². The van der Waals surface area contributed by atoms with Crippen LogP contribution < -0.4 is 20.2 Å². The van der Waals surface area contributed by atoms with E-state index in [0.717, 1.165) is 0 Å². The predicted octanol–water partition coefficient (Wildman–Crippen LogP) is 4.16. The number of hydrazone groups is 1. The van der Waals surface area contributed by atoms with Gasteiger partial charge in [-0.1, -0.05) is 34.1 Å². The molecule has 0 bridgehead atoms. The maximum atomic E-state index is 12.3. The van der Waals surface area contributed by atoms with E-state index in [1.54, 1.807) is 72.8 Å². The molecule has 0 aliphatic carbocycles. The van der Waals surface area contributed by atoms with E-state index in [1.165, 1.54) is 6.21 Å². The molecule has 33 heavy (non-hydrogen) atoms. The molecule has 2 N–H and O–H groups in total. The van der Waals surface area contributed by atoms with Gasteiger partial charge in [0.25, 0.3) is 0 Å². The van der Waals surface area contributed by atoms with Crippen LogP contribution in [-0.2, 0) is 9.59 Å². The molecule has 8 nitrogen and oxygen atoms in total. The molecular formula is C24H20BrN3O5. The van der Waals surface area contributed by atoms with Gasteiger partial charge in [0.15, 0.2) is 0 Å². The highest BCUT2D eigenvalue weighted by atomic mass is 79.9. The molecule has 0 fully saturated rings. The van der Waals surface area contributed by atoms with Gasteiger partial charge in [-0.15, -0.1) is 0 Å². The molecule has 0 aromatic heterocycles. The molecule has 3 aromatic carbocycles. The lowest BCUT2D eigenvalue weighted by atomic mass is 10.2. The van der Waals surface area contributed by atoms with Crippen molar-refractivity contribution in [2.24, 2.45) is 5.10 Å². The average Bonchev–Trinajstić information content (AvgIpc) is 2.82. The van der Waals surface area contributed by atoms with E-state index in [-0.39, 0.29) is 5.75 Å². The van der Waals surface area contributed by atoms with Crippen LogP contribution in [0.3, 0.4) is 0 Å². The highest BCUT2D eigenvalue weighted by Crippen LogP contribution is 2.23. The summed E-state index contributed by atoms with van der Waals surface area (Å²) in [6, 6.07) is 20.1. The lowest BCUT2D eigenvalue weighted by Gasteiger charge is -2.08. The fourth-order valence-corrected chi connectivity index (χ4v) is 3.03. The fraction of sp³-hybridized carbons (Fsp3) is 0.0833. The smallest absolute Gasteiger partial charge is 0.343 e. The number of benzene rings is 3. The van der Waals surface area contributed by atoms with Gasteiger partial charge in [0.05, 0.1) is 18.4 Å². The summed E-state index contributed by atoms with van der Waals surface area (Å²) in [5, 5.41) is 6.27. The van der Waals surface area contributed by atoms with Crippen molar-refractivity contribution in [1.29, 1.82) is 0 Å². The number of nitrogens with one attached hydrogen (secondary N) is 2. The van der Waals surface area contributed by atoms with Crippen LogP contribution in [0, 0.1) is 0 Å². The lowest BCUT2D eigenvalue weighted by Crippen LogP contribution is -2.32. The van der Waals surface area contributed by atoms with Gasteiger partial charge in [-0.05, 0) is 61.5 Å². The number of ether oxygens (including phenoxy) is 2. The second kappa shape index (κ2) is 11.6. The highest BCUT2D eigenvalue weighted by Gasteiger charge is 2.14.